The summed E-state index contributed by atoms with van der Waals surface area (Å²) in [6.07, 6.45) is 0. The van der Waals surface area contributed by atoms with E-state index in [1.807, 2.05) is 0 Å². The van der Waals surface area contributed by atoms with Gasteiger partial charge in [0.05, 0.1) is 16.6 Å². The first-order chi connectivity index (χ1) is 7.82. The van der Waals surface area contributed by atoms with Crippen LogP contribution in [0.3, 0.4) is 0 Å². The fourth-order valence-corrected chi connectivity index (χ4v) is 1.91. The SMILES string of the molecule is CC(=O)c1c(Br)cc([N+](=O)[O-])cc1OC(F)F. The molecule has 0 unspecified atom stereocenters. The predicted molar refractivity (Wildman–Crippen MR) is 57.4 cm³/mol. The van der Waals surface area contributed by atoms with Gasteiger partial charge in [0, 0.05) is 10.5 Å². The van der Waals surface area contributed by atoms with E-state index in [2.05, 4.69) is 20.7 Å². The Hall–Kier alpha value is -1.57. The Morgan fingerprint density at radius 1 is 1.53 bits per heavy atom. The number of benzene rings is 1. The lowest BCUT2D eigenvalue weighted by Gasteiger charge is -2.10. The van der Waals surface area contributed by atoms with Gasteiger partial charge < -0.3 is 4.74 Å². The molecule has 8 heteroatoms. The molecule has 0 bridgehead atoms. The van der Waals surface area contributed by atoms with Crippen LogP contribution >= 0.6 is 15.9 Å². The molecule has 1 aromatic carbocycles. The van der Waals surface area contributed by atoms with Gasteiger partial charge >= 0.3 is 6.61 Å². The van der Waals surface area contributed by atoms with Crippen LogP contribution in [0.1, 0.15) is 17.3 Å². The highest BCUT2D eigenvalue weighted by Gasteiger charge is 2.21. The largest absolute Gasteiger partial charge is 0.434 e. The maximum absolute atomic E-state index is 12.1. The lowest BCUT2D eigenvalue weighted by atomic mass is 10.1. The van der Waals surface area contributed by atoms with Gasteiger partial charge in [-0.1, -0.05) is 0 Å². The highest BCUT2D eigenvalue weighted by molar-refractivity contribution is 9.10. The van der Waals surface area contributed by atoms with Crippen LogP contribution in [-0.4, -0.2) is 17.3 Å². The van der Waals surface area contributed by atoms with E-state index in [1.165, 1.54) is 0 Å². The zero-order chi connectivity index (χ0) is 13.2. The van der Waals surface area contributed by atoms with Crippen molar-refractivity contribution < 1.29 is 23.2 Å². The number of ketones is 1. The van der Waals surface area contributed by atoms with Crippen LogP contribution in [0.25, 0.3) is 0 Å². The van der Waals surface area contributed by atoms with E-state index in [1.54, 1.807) is 0 Å². The molecule has 0 aliphatic carbocycles. The fourth-order valence-electron chi connectivity index (χ4n) is 1.20. The van der Waals surface area contributed by atoms with Crippen LogP contribution in [0.5, 0.6) is 5.75 Å². The number of halogens is 3. The third-order valence-electron chi connectivity index (χ3n) is 1.82. The van der Waals surface area contributed by atoms with Crippen LogP contribution in [0.15, 0.2) is 16.6 Å². The lowest BCUT2D eigenvalue weighted by molar-refractivity contribution is -0.385. The summed E-state index contributed by atoms with van der Waals surface area (Å²) < 4.78 is 28.3. The minimum atomic E-state index is -3.16. The molecule has 0 amide bonds. The summed E-state index contributed by atoms with van der Waals surface area (Å²) in [4.78, 5) is 21.0. The first-order valence-electron chi connectivity index (χ1n) is 4.26. The van der Waals surface area contributed by atoms with Crippen molar-refractivity contribution in [2.45, 2.75) is 13.5 Å². The molecule has 17 heavy (non-hydrogen) atoms. The lowest BCUT2D eigenvalue weighted by Crippen LogP contribution is -2.08. The quantitative estimate of drug-likeness (QED) is 0.486. The molecule has 0 saturated carbocycles. The molecule has 0 spiro atoms. The molecule has 0 N–H and O–H groups in total. The van der Waals surface area contributed by atoms with Gasteiger partial charge in [0.25, 0.3) is 5.69 Å². The third kappa shape index (κ3) is 3.19. The number of nitro groups is 1. The van der Waals surface area contributed by atoms with E-state index >= 15 is 0 Å². The summed E-state index contributed by atoms with van der Waals surface area (Å²) in [6, 6.07) is 1.84. The van der Waals surface area contributed by atoms with Crippen LogP contribution in [0.2, 0.25) is 0 Å². The number of alkyl halides is 2. The highest BCUT2D eigenvalue weighted by Crippen LogP contribution is 2.33. The van der Waals surface area contributed by atoms with E-state index in [-0.39, 0.29) is 10.0 Å². The Balaban J connectivity index is 3.39. The maximum Gasteiger partial charge on any atom is 0.387 e. The minimum absolute atomic E-state index is 0.0369. The molecule has 1 rings (SSSR count). The first kappa shape index (κ1) is 13.5. The third-order valence-corrected chi connectivity index (χ3v) is 2.44. The van der Waals surface area contributed by atoms with Gasteiger partial charge in [-0.2, -0.15) is 8.78 Å². The van der Waals surface area contributed by atoms with Crippen molar-refractivity contribution in [1.29, 1.82) is 0 Å². The average Bonchev–Trinajstić information content (AvgIpc) is 2.14. The van der Waals surface area contributed by atoms with Crippen LogP contribution in [0.4, 0.5) is 14.5 Å². The number of nitro benzene ring substituents is 1. The molecule has 0 aliphatic rings. The van der Waals surface area contributed by atoms with E-state index in [0.29, 0.717) is 0 Å². The molecule has 0 fully saturated rings. The number of carbonyl (C=O) groups excluding carboxylic acids is 1. The van der Waals surface area contributed by atoms with Crippen molar-refractivity contribution in [3.8, 4) is 5.75 Å². The summed E-state index contributed by atoms with van der Waals surface area (Å²) in [5.74, 6) is -1.06. The molecule has 0 atom stereocenters. The van der Waals surface area contributed by atoms with Gasteiger partial charge in [0.15, 0.2) is 5.78 Å². The number of nitrogens with zero attached hydrogens (tertiary/aromatic N) is 1. The number of rotatable bonds is 4. The Labute approximate surface area is 103 Å². The van der Waals surface area contributed by atoms with E-state index in [0.717, 1.165) is 19.1 Å². The van der Waals surface area contributed by atoms with Gasteiger partial charge in [0.2, 0.25) is 0 Å². The minimum Gasteiger partial charge on any atom is -0.434 e. The highest BCUT2D eigenvalue weighted by atomic mass is 79.9. The van der Waals surface area contributed by atoms with Gasteiger partial charge in [0.1, 0.15) is 5.75 Å². The number of hydrogen-bond donors (Lipinski definition) is 0. The molecule has 92 valence electrons. The van der Waals surface area contributed by atoms with Crippen molar-refractivity contribution in [1.82, 2.24) is 0 Å². The van der Waals surface area contributed by atoms with E-state index in [4.69, 9.17) is 0 Å². The molecule has 0 saturated heterocycles. The summed E-state index contributed by atoms with van der Waals surface area (Å²) in [5.41, 5.74) is -0.603. The number of Topliss-reactive ketones (excluding diaryl/α,β-unsaturated/α-hetero) is 1. The zero-order valence-corrected chi connectivity index (χ0v) is 10.0. The van der Waals surface area contributed by atoms with Crippen molar-refractivity contribution >= 4 is 27.4 Å². The standard InChI is InChI=1S/C9H6BrF2NO4/c1-4(14)8-6(10)2-5(13(15)16)3-7(8)17-9(11)12/h2-3,9H,1H3. The second kappa shape index (κ2) is 5.17. The number of hydrogen-bond acceptors (Lipinski definition) is 4. The van der Waals surface area contributed by atoms with Gasteiger partial charge in [-0.3, -0.25) is 14.9 Å². The molecule has 1 aromatic rings. The van der Waals surface area contributed by atoms with Crippen LogP contribution < -0.4 is 4.74 Å². The second-order valence-corrected chi connectivity index (χ2v) is 3.85. The van der Waals surface area contributed by atoms with Gasteiger partial charge in [-0.25, -0.2) is 0 Å². The van der Waals surface area contributed by atoms with Gasteiger partial charge in [-0.15, -0.1) is 0 Å². The summed E-state index contributed by atoms with van der Waals surface area (Å²) in [5, 5.41) is 10.5. The molecule has 0 heterocycles. The molecule has 0 aromatic heterocycles. The van der Waals surface area contributed by atoms with Crippen molar-refractivity contribution in [3.05, 3.63) is 32.3 Å². The average molecular weight is 310 g/mol. The summed E-state index contributed by atoms with van der Waals surface area (Å²) in [6.45, 7) is -2.02. The van der Waals surface area contributed by atoms with Crippen molar-refractivity contribution in [3.63, 3.8) is 0 Å². The second-order valence-electron chi connectivity index (χ2n) is 2.99. The first-order valence-corrected chi connectivity index (χ1v) is 5.06. The summed E-state index contributed by atoms with van der Waals surface area (Å²) >= 11 is 2.91. The molecule has 5 nitrogen and oxygen atoms in total. The summed E-state index contributed by atoms with van der Waals surface area (Å²) in [7, 11) is 0. The zero-order valence-electron chi connectivity index (χ0n) is 8.45. The maximum atomic E-state index is 12.1. The molecular formula is C9H6BrF2NO4. The smallest absolute Gasteiger partial charge is 0.387 e. The monoisotopic (exact) mass is 309 g/mol. The van der Waals surface area contributed by atoms with Crippen LogP contribution in [0, 0.1) is 10.1 Å². The Kier molecular flexibility index (Phi) is 4.11. The van der Waals surface area contributed by atoms with Crippen LogP contribution in [-0.2, 0) is 0 Å². The number of ether oxygens (including phenoxy) is 1. The molecule has 0 radical (unpaired) electrons. The van der Waals surface area contributed by atoms with E-state index in [9.17, 15) is 23.7 Å². The Morgan fingerprint density at radius 2 is 2.12 bits per heavy atom. The van der Waals surface area contributed by atoms with Crippen molar-refractivity contribution in [2.24, 2.45) is 0 Å². The van der Waals surface area contributed by atoms with Crippen molar-refractivity contribution in [2.75, 3.05) is 0 Å². The molecular weight excluding hydrogens is 304 g/mol. The normalized spacial score (nSPS) is 10.4. The Bertz CT molecular complexity index is 478. The van der Waals surface area contributed by atoms with Gasteiger partial charge in [-0.05, 0) is 22.9 Å². The molecule has 0 aliphatic heterocycles. The fraction of sp³-hybridized carbons (Fsp3) is 0.222. The Morgan fingerprint density at radius 3 is 2.53 bits per heavy atom. The van der Waals surface area contributed by atoms with E-state index < -0.39 is 28.8 Å². The number of carbonyl (C=O) groups is 1. The number of non-ortho nitro benzene ring substituents is 1. The predicted octanol–water partition coefficient (Wildman–Crippen LogP) is 3.16. The topological polar surface area (TPSA) is 69.4 Å².